The van der Waals surface area contributed by atoms with Crippen molar-refractivity contribution in [1.29, 1.82) is 0 Å². The number of nitrogens with zero attached hydrogens (tertiary/aromatic N) is 1. The van der Waals surface area contributed by atoms with E-state index in [-0.39, 0.29) is 0 Å². The minimum atomic E-state index is 0.746. The highest BCUT2D eigenvalue weighted by Crippen LogP contribution is 2.22. The Morgan fingerprint density at radius 3 is 2.71 bits per heavy atom. The molecule has 0 N–H and O–H groups in total. The molecule has 1 aromatic rings. The minimum absolute atomic E-state index is 0.746. The van der Waals surface area contributed by atoms with E-state index in [0.29, 0.717) is 0 Å². The van der Waals surface area contributed by atoms with E-state index in [9.17, 15) is 0 Å². The Morgan fingerprint density at radius 1 is 1.29 bits per heavy atom. The van der Waals surface area contributed by atoms with Gasteiger partial charge in [0.05, 0.1) is 6.54 Å². The third kappa shape index (κ3) is 3.78. The van der Waals surface area contributed by atoms with Gasteiger partial charge in [0, 0.05) is 12.5 Å². The van der Waals surface area contributed by atoms with Crippen LogP contribution in [0.4, 0.5) is 0 Å². The summed E-state index contributed by atoms with van der Waals surface area (Å²) in [5.41, 5.74) is 0. The topological polar surface area (TPSA) is 16.4 Å². The molecule has 1 aromatic heterocycles. The summed E-state index contributed by atoms with van der Waals surface area (Å²) in [5.74, 6) is 4.88. The second-order valence-corrected chi connectivity index (χ2v) is 6.10. The molecule has 2 heterocycles. The molecule has 96 valence electrons. The molecule has 0 atom stereocenters. The van der Waals surface area contributed by atoms with Crippen LogP contribution in [0, 0.1) is 0 Å². The number of rotatable bonds is 5. The Hall–Kier alpha value is -0.410. The van der Waals surface area contributed by atoms with Gasteiger partial charge in [-0.15, -0.1) is 0 Å². The van der Waals surface area contributed by atoms with Gasteiger partial charge in [0.1, 0.15) is 11.5 Å². The lowest BCUT2D eigenvalue weighted by molar-refractivity contribution is 0.203. The van der Waals surface area contributed by atoms with Gasteiger partial charge in [-0.05, 0) is 49.9 Å². The molecule has 0 amide bonds. The molecular formula is C14H23NOS. The third-order valence-electron chi connectivity index (χ3n) is 3.43. The second-order valence-electron chi connectivity index (χ2n) is 4.88. The quantitative estimate of drug-likeness (QED) is 0.798. The van der Waals surface area contributed by atoms with Crippen molar-refractivity contribution in [3.63, 3.8) is 0 Å². The van der Waals surface area contributed by atoms with Gasteiger partial charge in [-0.3, -0.25) is 4.90 Å². The maximum Gasteiger partial charge on any atom is 0.118 e. The predicted molar refractivity (Wildman–Crippen MR) is 74.5 cm³/mol. The van der Waals surface area contributed by atoms with Gasteiger partial charge in [0.2, 0.25) is 0 Å². The molecule has 0 saturated carbocycles. The van der Waals surface area contributed by atoms with Gasteiger partial charge in [0.15, 0.2) is 0 Å². The van der Waals surface area contributed by atoms with Gasteiger partial charge in [-0.1, -0.05) is 6.92 Å². The van der Waals surface area contributed by atoms with Crippen LogP contribution in [0.15, 0.2) is 16.5 Å². The molecular weight excluding hydrogens is 230 g/mol. The van der Waals surface area contributed by atoms with E-state index in [0.717, 1.165) is 36.9 Å². The standard InChI is InChI=1S/C14H23NOS/c1-3-4-13-5-6-14(16-13)11-15(2)12-7-9-17-10-8-12/h5-6,12H,3-4,7-11H2,1-2H3. The molecule has 0 spiro atoms. The monoisotopic (exact) mass is 253 g/mol. The second kappa shape index (κ2) is 6.50. The summed E-state index contributed by atoms with van der Waals surface area (Å²) in [6, 6.07) is 5.01. The maximum atomic E-state index is 5.84. The fourth-order valence-corrected chi connectivity index (χ4v) is 3.47. The average Bonchev–Trinajstić information content (AvgIpc) is 2.78. The molecule has 1 aliphatic heterocycles. The summed E-state index contributed by atoms with van der Waals surface area (Å²) in [4.78, 5) is 2.45. The van der Waals surface area contributed by atoms with Crippen LogP contribution in [0.2, 0.25) is 0 Å². The highest BCUT2D eigenvalue weighted by molar-refractivity contribution is 7.99. The van der Waals surface area contributed by atoms with Crippen LogP contribution in [0.1, 0.15) is 37.7 Å². The molecule has 1 saturated heterocycles. The molecule has 1 fully saturated rings. The fourth-order valence-electron chi connectivity index (χ4n) is 2.39. The number of thioether (sulfide) groups is 1. The summed E-state index contributed by atoms with van der Waals surface area (Å²) in [5, 5.41) is 0. The fraction of sp³-hybridized carbons (Fsp3) is 0.714. The Bertz CT molecular complexity index is 331. The Kier molecular flexibility index (Phi) is 4.99. The smallest absolute Gasteiger partial charge is 0.118 e. The van der Waals surface area contributed by atoms with E-state index in [2.05, 4.69) is 42.8 Å². The first kappa shape index (κ1) is 13.0. The number of hydrogen-bond donors (Lipinski definition) is 0. The van der Waals surface area contributed by atoms with Crippen LogP contribution in [-0.2, 0) is 13.0 Å². The Balaban J connectivity index is 1.85. The lowest BCUT2D eigenvalue weighted by Crippen LogP contribution is -2.34. The van der Waals surface area contributed by atoms with E-state index >= 15 is 0 Å². The molecule has 2 nitrogen and oxygen atoms in total. The lowest BCUT2D eigenvalue weighted by Gasteiger charge is -2.30. The van der Waals surface area contributed by atoms with Crippen LogP contribution in [0.25, 0.3) is 0 Å². The van der Waals surface area contributed by atoms with Crippen molar-refractivity contribution in [2.24, 2.45) is 0 Å². The van der Waals surface area contributed by atoms with E-state index in [1.165, 1.54) is 24.3 Å². The van der Waals surface area contributed by atoms with E-state index < -0.39 is 0 Å². The Morgan fingerprint density at radius 2 is 2.00 bits per heavy atom. The summed E-state index contributed by atoms with van der Waals surface area (Å²) in [6.07, 6.45) is 4.86. The molecule has 3 heteroatoms. The van der Waals surface area contributed by atoms with E-state index in [1.54, 1.807) is 0 Å². The van der Waals surface area contributed by atoms with Crippen LogP contribution >= 0.6 is 11.8 Å². The summed E-state index contributed by atoms with van der Waals surface area (Å²) in [7, 11) is 2.22. The van der Waals surface area contributed by atoms with Gasteiger partial charge >= 0.3 is 0 Å². The van der Waals surface area contributed by atoms with Crippen molar-refractivity contribution in [1.82, 2.24) is 4.90 Å². The maximum absolute atomic E-state index is 5.84. The van der Waals surface area contributed by atoms with E-state index in [1.807, 2.05) is 0 Å². The van der Waals surface area contributed by atoms with Crippen LogP contribution in [-0.4, -0.2) is 29.5 Å². The average molecular weight is 253 g/mol. The van der Waals surface area contributed by atoms with Crippen LogP contribution in [0.3, 0.4) is 0 Å². The molecule has 0 radical (unpaired) electrons. The molecule has 0 aromatic carbocycles. The van der Waals surface area contributed by atoms with Crippen LogP contribution in [0.5, 0.6) is 0 Å². The number of aryl methyl sites for hydroxylation is 1. The predicted octanol–water partition coefficient (Wildman–Crippen LogP) is 3.56. The first-order valence-electron chi connectivity index (χ1n) is 6.65. The highest BCUT2D eigenvalue weighted by Gasteiger charge is 2.19. The molecule has 0 unspecified atom stereocenters. The first-order chi connectivity index (χ1) is 8.29. The minimum Gasteiger partial charge on any atom is -0.465 e. The van der Waals surface area contributed by atoms with Crippen molar-refractivity contribution in [2.45, 2.75) is 45.2 Å². The molecule has 1 aliphatic rings. The van der Waals surface area contributed by atoms with Gasteiger partial charge in [-0.25, -0.2) is 0 Å². The van der Waals surface area contributed by atoms with Gasteiger partial charge in [0.25, 0.3) is 0 Å². The van der Waals surface area contributed by atoms with Crippen molar-refractivity contribution in [3.05, 3.63) is 23.7 Å². The summed E-state index contributed by atoms with van der Waals surface area (Å²) < 4.78 is 5.84. The SMILES string of the molecule is CCCc1ccc(CN(C)C2CCSCC2)o1. The van der Waals surface area contributed by atoms with Gasteiger partial charge < -0.3 is 4.42 Å². The van der Waals surface area contributed by atoms with Gasteiger partial charge in [-0.2, -0.15) is 11.8 Å². The zero-order valence-electron chi connectivity index (χ0n) is 10.9. The Labute approximate surface area is 109 Å². The van der Waals surface area contributed by atoms with Crippen molar-refractivity contribution >= 4 is 11.8 Å². The third-order valence-corrected chi connectivity index (χ3v) is 4.48. The summed E-state index contributed by atoms with van der Waals surface area (Å²) in [6.45, 7) is 3.15. The first-order valence-corrected chi connectivity index (χ1v) is 7.80. The van der Waals surface area contributed by atoms with Crippen molar-refractivity contribution in [2.75, 3.05) is 18.6 Å². The number of furan rings is 1. The summed E-state index contributed by atoms with van der Waals surface area (Å²) >= 11 is 2.08. The normalized spacial score (nSPS) is 17.8. The van der Waals surface area contributed by atoms with Crippen molar-refractivity contribution < 1.29 is 4.42 Å². The molecule has 0 bridgehead atoms. The molecule has 2 rings (SSSR count). The van der Waals surface area contributed by atoms with Crippen LogP contribution < -0.4 is 0 Å². The molecule has 0 aliphatic carbocycles. The molecule has 17 heavy (non-hydrogen) atoms. The highest BCUT2D eigenvalue weighted by atomic mass is 32.2. The number of hydrogen-bond acceptors (Lipinski definition) is 3. The largest absolute Gasteiger partial charge is 0.465 e. The zero-order chi connectivity index (χ0) is 12.1. The van der Waals surface area contributed by atoms with Crippen molar-refractivity contribution in [3.8, 4) is 0 Å². The lowest BCUT2D eigenvalue weighted by atomic mass is 10.1. The van der Waals surface area contributed by atoms with E-state index in [4.69, 9.17) is 4.42 Å². The zero-order valence-corrected chi connectivity index (χ0v) is 11.8.